The zero-order valence-electron chi connectivity index (χ0n) is 20.4. The molecule has 5 N–H and O–H groups in total. The van der Waals surface area contributed by atoms with Gasteiger partial charge in [0.2, 0.25) is 5.91 Å². The van der Waals surface area contributed by atoms with E-state index < -0.39 is 11.7 Å². The molecule has 0 fully saturated rings. The highest BCUT2D eigenvalue weighted by atomic mass is 35.5. The van der Waals surface area contributed by atoms with Crippen molar-refractivity contribution < 1.29 is 14.0 Å². The summed E-state index contributed by atoms with van der Waals surface area (Å²) in [5.74, 6) is -1.41. The molecule has 190 valence electrons. The van der Waals surface area contributed by atoms with Crippen molar-refractivity contribution in [3.8, 4) is 6.07 Å². The fraction of sp³-hybridized carbons (Fsp3) is 0.370. The second-order valence-corrected chi connectivity index (χ2v) is 9.55. The van der Waals surface area contributed by atoms with Crippen molar-refractivity contribution in [2.75, 3.05) is 5.32 Å². The van der Waals surface area contributed by atoms with E-state index >= 15 is 0 Å². The van der Waals surface area contributed by atoms with E-state index in [-0.39, 0.29) is 46.7 Å². The van der Waals surface area contributed by atoms with Crippen molar-refractivity contribution in [2.45, 2.75) is 58.0 Å². The molecule has 2 aromatic rings. The van der Waals surface area contributed by atoms with Gasteiger partial charge in [0.15, 0.2) is 5.82 Å². The monoisotopic (exact) mass is 511 g/mol. The number of amides is 2. The summed E-state index contributed by atoms with van der Waals surface area (Å²) in [6.07, 6.45) is 2.66. The van der Waals surface area contributed by atoms with E-state index in [4.69, 9.17) is 17.3 Å². The first kappa shape index (κ1) is 27.0. The minimum Gasteiger partial charge on any atom is -0.393 e. The molecule has 1 aliphatic rings. The quantitative estimate of drug-likeness (QED) is 0.434. The molecule has 3 atom stereocenters. The molecule has 0 spiro atoms. The lowest BCUT2D eigenvalue weighted by Gasteiger charge is -2.24. The van der Waals surface area contributed by atoms with Gasteiger partial charge in [-0.05, 0) is 49.4 Å². The Labute approximate surface area is 215 Å². The van der Waals surface area contributed by atoms with Crippen molar-refractivity contribution in [2.24, 2.45) is 11.7 Å². The molecule has 1 heterocycles. The molecule has 3 rings (SSSR count). The Morgan fingerprint density at radius 1 is 1.28 bits per heavy atom. The summed E-state index contributed by atoms with van der Waals surface area (Å²) in [6, 6.07) is 13.8. The molecule has 0 saturated carbocycles. The highest BCUT2D eigenvalue weighted by molar-refractivity contribution is 6.31. The average Bonchev–Trinajstić information content (AvgIpc) is 2.85. The van der Waals surface area contributed by atoms with Gasteiger partial charge in [0.1, 0.15) is 5.70 Å². The normalized spacial score (nSPS) is 21.1. The van der Waals surface area contributed by atoms with Gasteiger partial charge in [0, 0.05) is 17.7 Å². The second kappa shape index (κ2) is 12.4. The number of hydrogen-bond donors (Lipinski definition) is 4. The number of halogens is 2. The molecule has 0 aliphatic carbocycles. The number of allylic oxidation sites excluding steroid dienone is 1. The molecule has 0 aromatic heterocycles. The lowest BCUT2D eigenvalue weighted by atomic mass is 9.92. The van der Waals surface area contributed by atoms with Crippen LogP contribution >= 0.6 is 11.6 Å². The predicted molar refractivity (Wildman–Crippen MR) is 138 cm³/mol. The fourth-order valence-corrected chi connectivity index (χ4v) is 4.38. The fourth-order valence-electron chi connectivity index (χ4n) is 4.21. The van der Waals surface area contributed by atoms with Crippen LogP contribution < -0.4 is 21.7 Å². The van der Waals surface area contributed by atoms with Crippen LogP contribution in [0.2, 0.25) is 5.02 Å². The van der Waals surface area contributed by atoms with E-state index in [0.717, 1.165) is 11.1 Å². The number of fused-ring (bicyclic) bond motifs is 2. The van der Waals surface area contributed by atoms with Crippen LogP contribution in [-0.2, 0) is 16.0 Å². The number of benzene rings is 2. The minimum absolute atomic E-state index is 0.0381. The maximum absolute atomic E-state index is 14.3. The van der Waals surface area contributed by atoms with E-state index in [1.807, 2.05) is 31.2 Å². The van der Waals surface area contributed by atoms with Crippen LogP contribution in [0.25, 0.3) is 0 Å². The van der Waals surface area contributed by atoms with Crippen LogP contribution in [0.3, 0.4) is 0 Å². The topological polar surface area (TPSA) is 120 Å². The van der Waals surface area contributed by atoms with Crippen LogP contribution in [0.1, 0.15) is 56.7 Å². The summed E-state index contributed by atoms with van der Waals surface area (Å²) >= 11 is 5.84. The molecule has 0 saturated heterocycles. The molecule has 2 aromatic carbocycles. The predicted octanol–water partition coefficient (Wildman–Crippen LogP) is 4.70. The van der Waals surface area contributed by atoms with Crippen molar-refractivity contribution >= 4 is 29.1 Å². The number of nitriles is 1. The van der Waals surface area contributed by atoms with Gasteiger partial charge in [0.05, 0.1) is 29.2 Å². The van der Waals surface area contributed by atoms with E-state index in [0.29, 0.717) is 31.4 Å². The van der Waals surface area contributed by atoms with Crippen molar-refractivity contribution in [1.29, 1.82) is 5.26 Å². The van der Waals surface area contributed by atoms with Crippen LogP contribution in [0.5, 0.6) is 0 Å². The SMILES string of the molecule is C/C(Nc1cccc(Cl)c1F)=C(/N)C(=O)NC1CCCC(C)C(=O)NC(CC#N)Cc2cccc1c2. The molecular weight excluding hydrogens is 481 g/mol. The summed E-state index contributed by atoms with van der Waals surface area (Å²) in [4.78, 5) is 25.7. The van der Waals surface area contributed by atoms with Gasteiger partial charge < -0.3 is 21.7 Å². The molecule has 7 nitrogen and oxygen atoms in total. The second-order valence-electron chi connectivity index (χ2n) is 9.14. The van der Waals surface area contributed by atoms with Crippen LogP contribution in [0.15, 0.2) is 53.9 Å². The van der Waals surface area contributed by atoms with Gasteiger partial charge in [-0.2, -0.15) is 5.26 Å². The highest BCUT2D eigenvalue weighted by Crippen LogP contribution is 2.26. The molecule has 1 aliphatic heterocycles. The third-order valence-electron chi connectivity index (χ3n) is 6.32. The smallest absolute Gasteiger partial charge is 0.269 e. The molecule has 2 bridgehead atoms. The number of rotatable bonds is 5. The van der Waals surface area contributed by atoms with E-state index in [2.05, 4.69) is 22.0 Å². The number of nitrogens with one attached hydrogen (secondary N) is 3. The van der Waals surface area contributed by atoms with Gasteiger partial charge in [-0.1, -0.05) is 55.3 Å². The Bertz CT molecular complexity index is 1190. The van der Waals surface area contributed by atoms with E-state index in [1.165, 1.54) is 12.1 Å². The maximum atomic E-state index is 14.3. The van der Waals surface area contributed by atoms with Crippen LogP contribution in [0, 0.1) is 23.1 Å². The zero-order chi connectivity index (χ0) is 26.2. The van der Waals surface area contributed by atoms with E-state index in [9.17, 15) is 19.2 Å². The van der Waals surface area contributed by atoms with Gasteiger partial charge in [-0.3, -0.25) is 9.59 Å². The third-order valence-corrected chi connectivity index (χ3v) is 6.62. The molecule has 9 heteroatoms. The van der Waals surface area contributed by atoms with Crippen LogP contribution in [0.4, 0.5) is 10.1 Å². The largest absolute Gasteiger partial charge is 0.393 e. The summed E-state index contributed by atoms with van der Waals surface area (Å²) in [7, 11) is 0. The standard InChI is InChI=1S/C27H31ClFN5O2/c1-16-6-3-10-22(19-8-4-7-18(14-19)15-20(12-13-30)33-26(16)35)34-27(36)25(31)17(2)32-23-11-5-9-21(28)24(23)29/h4-5,7-9,11,14,16,20,22,32H,3,6,10,12,15,31H2,1-2H3,(H,33,35)(H,34,36)/b25-17-. The Balaban J connectivity index is 1.83. The summed E-state index contributed by atoms with van der Waals surface area (Å²) in [5.41, 5.74) is 8.33. The number of nitrogens with two attached hydrogens (primary N) is 1. The maximum Gasteiger partial charge on any atom is 0.269 e. The summed E-state index contributed by atoms with van der Waals surface area (Å²) < 4.78 is 14.3. The number of carbonyl (C=O) groups excluding carboxylic acids is 2. The Hall–Kier alpha value is -3.57. The lowest BCUT2D eigenvalue weighted by molar-refractivity contribution is -0.125. The molecule has 2 amide bonds. The van der Waals surface area contributed by atoms with Gasteiger partial charge in [-0.15, -0.1) is 0 Å². The molecule has 0 radical (unpaired) electrons. The lowest BCUT2D eigenvalue weighted by Crippen LogP contribution is -2.39. The molecular formula is C27H31ClFN5O2. The van der Waals surface area contributed by atoms with Gasteiger partial charge in [-0.25, -0.2) is 4.39 Å². The number of hydrogen-bond acceptors (Lipinski definition) is 5. The van der Waals surface area contributed by atoms with Gasteiger partial charge in [0.25, 0.3) is 5.91 Å². The minimum atomic E-state index is -0.629. The Morgan fingerprint density at radius 2 is 2.03 bits per heavy atom. The van der Waals surface area contributed by atoms with Crippen LogP contribution in [-0.4, -0.2) is 17.9 Å². The Kier molecular flexibility index (Phi) is 9.31. The first-order valence-electron chi connectivity index (χ1n) is 11.9. The van der Waals surface area contributed by atoms with Crippen molar-refractivity contribution in [3.63, 3.8) is 0 Å². The van der Waals surface area contributed by atoms with Crippen molar-refractivity contribution in [3.05, 3.63) is 75.8 Å². The first-order chi connectivity index (χ1) is 17.2. The van der Waals surface area contributed by atoms with Gasteiger partial charge >= 0.3 is 0 Å². The summed E-state index contributed by atoms with van der Waals surface area (Å²) in [6.45, 7) is 3.45. The molecule has 3 unspecified atom stereocenters. The number of nitrogens with zero attached hydrogens (tertiary/aromatic N) is 1. The zero-order valence-corrected chi connectivity index (χ0v) is 21.2. The van der Waals surface area contributed by atoms with E-state index in [1.54, 1.807) is 13.0 Å². The summed E-state index contributed by atoms with van der Waals surface area (Å²) in [5, 5.41) is 18.0. The first-order valence-corrected chi connectivity index (χ1v) is 12.3. The number of carbonyl (C=O) groups is 2. The van der Waals surface area contributed by atoms with Crippen molar-refractivity contribution in [1.82, 2.24) is 10.6 Å². The molecule has 36 heavy (non-hydrogen) atoms. The highest BCUT2D eigenvalue weighted by Gasteiger charge is 2.23. The third kappa shape index (κ3) is 6.98. The Morgan fingerprint density at radius 3 is 2.78 bits per heavy atom. The number of anilines is 1. The average molecular weight is 512 g/mol.